The van der Waals surface area contributed by atoms with Crippen LogP contribution in [0.3, 0.4) is 0 Å². The van der Waals surface area contributed by atoms with Crippen LogP contribution in [0.5, 0.6) is 0 Å². The van der Waals surface area contributed by atoms with Crippen LogP contribution in [0.15, 0.2) is 16.8 Å². The quantitative estimate of drug-likeness (QED) is 0.850. The standard InChI is InChI=1S/C11H16N2O3S/c1-3-8(2)13(6-10(14)15)11(16)12-9-4-5-17-7-9/h4-5,7-8H,3,6H2,1-2H3,(H,12,16)(H,14,15). The van der Waals surface area contributed by atoms with Crippen LogP contribution in [-0.2, 0) is 4.79 Å². The third-order valence-electron chi connectivity index (χ3n) is 2.46. The monoisotopic (exact) mass is 256 g/mol. The molecule has 2 N–H and O–H groups in total. The lowest BCUT2D eigenvalue weighted by Gasteiger charge is -2.26. The highest BCUT2D eigenvalue weighted by Gasteiger charge is 2.21. The van der Waals surface area contributed by atoms with E-state index in [0.29, 0.717) is 12.1 Å². The van der Waals surface area contributed by atoms with Gasteiger partial charge in [0.2, 0.25) is 0 Å². The van der Waals surface area contributed by atoms with E-state index in [1.54, 1.807) is 11.4 Å². The normalized spacial score (nSPS) is 11.9. The van der Waals surface area contributed by atoms with Gasteiger partial charge in [-0.25, -0.2) is 4.79 Å². The van der Waals surface area contributed by atoms with Crippen molar-refractivity contribution in [2.24, 2.45) is 0 Å². The molecule has 94 valence electrons. The molecule has 0 bridgehead atoms. The molecule has 1 aromatic rings. The lowest BCUT2D eigenvalue weighted by atomic mass is 10.2. The summed E-state index contributed by atoms with van der Waals surface area (Å²) in [6.07, 6.45) is 0.713. The number of hydrogen-bond donors (Lipinski definition) is 2. The molecule has 0 saturated heterocycles. The predicted molar refractivity (Wildman–Crippen MR) is 67.4 cm³/mol. The van der Waals surface area contributed by atoms with Crippen molar-refractivity contribution in [2.45, 2.75) is 26.3 Å². The zero-order valence-corrected chi connectivity index (χ0v) is 10.7. The van der Waals surface area contributed by atoms with Crippen LogP contribution in [0.2, 0.25) is 0 Å². The zero-order valence-electron chi connectivity index (χ0n) is 9.84. The van der Waals surface area contributed by atoms with Crippen molar-refractivity contribution < 1.29 is 14.7 Å². The number of aliphatic carboxylic acids is 1. The molecule has 17 heavy (non-hydrogen) atoms. The summed E-state index contributed by atoms with van der Waals surface area (Å²) in [7, 11) is 0. The summed E-state index contributed by atoms with van der Waals surface area (Å²) in [4.78, 5) is 23.9. The first kappa shape index (κ1) is 13.5. The number of carboxylic acid groups (broad SMARTS) is 1. The van der Waals surface area contributed by atoms with Gasteiger partial charge in [-0.2, -0.15) is 11.3 Å². The Bertz CT molecular complexity index is 378. The Hall–Kier alpha value is -1.56. The Kier molecular flexibility index (Phi) is 4.96. The second-order valence-corrected chi connectivity index (χ2v) is 4.50. The number of urea groups is 1. The van der Waals surface area contributed by atoms with Crippen LogP contribution in [-0.4, -0.2) is 34.6 Å². The fourth-order valence-electron chi connectivity index (χ4n) is 1.32. The summed E-state index contributed by atoms with van der Waals surface area (Å²) in [6.45, 7) is 3.46. The molecule has 1 unspecified atom stereocenters. The van der Waals surface area contributed by atoms with Crippen LogP contribution in [0, 0.1) is 0 Å². The van der Waals surface area contributed by atoms with E-state index in [9.17, 15) is 9.59 Å². The van der Waals surface area contributed by atoms with Gasteiger partial charge in [0.1, 0.15) is 6.54 Å². The Balaban J connectivity index is 2.68. The number of nitrogens with zero attached hydrogens (tertiary/aromatic N) is 1. The van der Waals surface area contributed by atoms with E-state index >= 15 is 0 Å². The topological polar surface area (TPSA) is 69.6 Å². The average Bonchev–Trinajstić information content (AvgIpc) is 2.77. The fraction of sp³-hybridized carbons (Fsp3) is 0.455. The van der Waals surface area contributed by atoms with E-state index in [1.165, 1.54) is 16.2 Å². The lowest BCUT2D eigenvalue weighted by Crippen LogP contribution is -2.44. The van der Waals surface area contributed by atoms with Gasteiger partial charge in [-0.15, -0.1) is 0 Å². The first-order chi connectivity index (χ1) is 8.04. The first-order valence-electron chi connectivity index (χ1n) is 5.36. The van der Waals surface area contributed by atoms with Crippen molar-refractivity contribution in [3.63, 3.8) is 0 Å². The SMILES string of the molecule is CCC(C)N(CC(=O)O)C(=O)Nc1ccsc1. The molecule has 6 heteroatoms. The summed E-state index contributed by atoms with van der Waals surface area (Å²) in [5.74, 6) is -1.01. The number of anilines is 1. The minimum Gasteiger partial charge on any atom is -0.480 e. The van der Waals surface area contributed by atoms with Crippen molar-refractivity contribution in [1.29, 1.82) is 0 Å². The summed E-state index contributed by atoms with van der Waals surface area (Å²) in [5.41, 5.74) is 0.693. The van der Waals surface area contributed by atoms with Crippen LogP contribution in [0.4, 0.5) is 10.5 Å². The highest BCUT2D eigenvalue weighted by Crippen LogP contribution is 2.14. The number of nitrogens with one attached hydrogen (secondary N) is 1. The molecule has 0 aliphatic carbocycles. The van der Waals surface area contributed by atoms with Gasteiger partial charge in [-0.3, -0.25) is 4.79 Å². The molecule has 0 fully saturated rings. The van der Waals surface area contributed by atoms with Gasteiger partial charge >= 0.3 is 12.0 Å². The molecule has 0 spiro atoms. The van der Waals surface area contributed by atoms with E-state index in [-0.39, 0.29) is 18.6 Å². The molecule has 5 nitrogen and oxygen atoms in total. The number of carboxylic acids is 1. The Morgan fingerprint density at radius 1 is 1.59 bits per heavy atom. The molecule has 2 amide bonds. The maximum atomic E-state index is 11.9. The van der Waals surface area contributed by atoms with Gasteiger partial charge < -0.3 is 15.3 Å². The number of hydrogen-bond acceptors (Lipinski definition) is 3. The molecule has 1 atom stereocenters. The minimum atomic E-state index is -1.01. The second kappa shape index (κ2) is 6.24. The maximum Gasteiger partial charge on any atom is 0.323 e. The van der Waals surface area contributed by atoms with E-state index in [1.807, 2.05) is 19.2 Å². The van der Waals surface area contributed by atoms with Gasteiger partial charge in [0.05, 0.1) is 5.69 Å². The molecule has 0 radical (unpaired) electrons. The van der Waals surface area contributed by atoms with Gasteiger partial charge in [-0.1, -0.05) is 6.92 Å². The Morgan fingerprint density at radius 3 is 2.76 bits per heavy atom. The molecular weight excluding hydrogens is 240 g/mol. The second-order valence-electron chi connectivity index (χ2n) is 3.72. The molecule has 0 aliphatic rings. The smallest absolute Gasteiger partial charge is 0.323 e. The van der Waals surface area contributed by atoms with Crippen LogP contribution in [0.1, 0.15) is 20.3 Å². The van der Waals surface area contributed by atoms with Crippen LogP contribution >= 0.6 is 11.3 Å². The van der Waals surface area contributed by atoms with E-state index in [2.05, 4.69) is 5.32 Å². The molecule has 0 aromatic carbocycles. The number of thiophene rings is 1. The largest absolute Gasteiger partial charge is 0.480 e. The van der Waals surface area contributed by atoms with Gasteiger partial charge in [0, 0.05) is 11.4 Å². The van der Waals surface area contributed by atoms with Crippen molar-refractivity contribution >= 4 is 29.0 Å². The summed E-state index contributed by atoms with van der Waals surface area (Å²) >= 11 is 1.47. The molecule has 0 saturated carbocycles. The van der Waals surface area contributed by atoms with Gasteiger partial charge in [0.15, 0.2) is 0 Å². The molecule has 1 rings (SSSR count). The predicted octanol–water partition coefficient (Wildman–Crippen LogP) is 2.47. The van der Waals surface area contributed by atoms with Gasteiger partial charge in [-0.05, 0) is 24.8 Å². The summed E-state index contributed by atoms with van der Waals surface area (Å²) < 4.78 is 0. The molecular formula is C11H16N2O3S. The number of amides is 2. The van der Waals surface area contributed by atoms with Crippen molar-refractivity contribution in [2.75, 3.05) is 11.9 Å². The van der Waals surface area contributed by atoms with E-state index in [4.69, 9.17) is 5.11 Å². The van der Waals surface area contributed by atoms with Crippen LogP contribution < -0.4 is 5.32 Å². The van der Waals surface area contributed by atoms with E-state index < -0.39 is 5.97 Å². The highest BCUT2D eigenvalue weighted by molar-refractivity contribution is 7.08. The highest BCUT2D eigenvalue weighted by atomic mass is 32.1. The van der Waals surface area contributed by atoms with Crippen molar-refractivity contribution in [3.05, 3.63) is 16.8 Å². The van der Waals surface area contributed by atoms with Crippen LogP contribution in [0.25, 0.3) is 0 Å². The number of carbonyl (C=O) groups excluding carboxylic acids is 1. The summed E-state index contributed by atoms with van der Waals surface area (Å²) in [5, 5.41) is 15.1. The average molecular weight is 256 g/mol. The number of rotatable bonds is 5. The molecule has 0 aliphatic heterocycles. The van der Waals surface area contributed by atoms with Crippen molar-refractivity contribution in [1.82, 2.24) is 4.90 Å². The third-order valence-corrected chi connectivity index (χ3v) is 3.15. The fourth-order valence-corrected chi connectivity index (χ4v) is 1.91. The Morgan fingerprint density at radius 2 is 2.29 bits per heavy atom. The number of carbonyl (C=O) groups is 2. The van der Waals surface area contributed by atoms with E-state index in [0.717, 1.165) is 0 Å². The minimum absolute atomic E-state index is 0.107. The zero-order chi connectivity index (χ0) is 12.8. The van der Waals surface area contributed by atoms with Gasteiger partial charge in [0.25, 0.3) is 0 Å². The molecule has 1 heterocycles. The summed E-state index contributed by atoms with van der Waals surface area (Å²) in [6, 6.07) is 1.29. The maximum absolute atomic E-state index is 11.9. The molecule has 1 aromatic heterocycles. The lowest BCUT2D eigenvalue weighted by molar-refractivity contribution is -0.138. The third kappa shape index (κ3) is 4.07. The first-order valence-corrected chi connectivity index (χ1v) is 6.30. The van der Waals surface area contributed by atoms with Crippen molar-refractivity contribution in [3.8, 4) is 0 Å². The Labute approximate surface area is 104 Å².